The van der Waals surface area contributed by atoms with Gasteiger partial charge < -0.3 is 15.4 Å². The average molecular weight is 438 g/mol. The van der Waals surface area contributed by atoms with Crippen LogP contribution in [0.1, 0.15) is 46.5 Å². The molecule has 0 spiro atoms. The third kappa shape index (κ3) is 6.74. The van der Waals surface area contributed by atoms with Crippen LogP contribution in [0.4, 0.5) is 0 Å². The van der Waals surface area contributed by atoms with Crippen molar-refractivity contribution in [3.05, 3.63) is 0 Å². The van der Waals surface area contributed by atoms with Crippen molar-refractivity contribution in [2.75, 3.05) is 39.3 Å². The smallest absolute Gasteiger partial charge is 0.191 e. The van der Waals surface area contributed by atoms with E-state index in [0.717, 1.165) is 38.7 Å². The van der Waals surface area contributed by atoms with E-state index in [-0.39, 0.29) is 30.1 Å². The number of hydrogen-bond acceptors (Lipinski definition) is 3. The van der Waals surface area contributed by atoms with Gasteiger partial charge in [-0.25, -0.2) is 0 Å². The van der Waals surface area contributed by atoms with Crippen molar-refractivity contribution < 1.29 is 4.74 Å². The minimum Gasteiger partial charge on any atom is -0.373 e. The molecule has 23 heavy (non-hydrogen) atoms. The standard InChI is InChI=1S/C17H34N4O.HI/c1-4-14(5-2)10-19-17(18-6-3)20-11-16-12-21-9-7-8-15(21)13-22-16;/h14-16H,4-13H2,1-3H3,(H2,18,19,20);1H. The molecular formula is C17H35IN4O. The van der Waals surface area contributed by atoms with Gasteiger partial charge in [-0.05, 0) is 32.2 Å². The molecule has 0 amide bonds. The highest BCUT2D eigenvalue weighted by atomic mass is 127. The maximum absolute atomic E-state index is 6.00. The van der Waals surface area contributed by atoms with Crippen molar-refractivity contribution >= 4 is 29.9 Å². The highest BCUT2D eigenvalue weighted by Crippen LogP contribution is 2.22. The van der Waals surface area contributed by atoms with Crippen molar-refractivity contribution in [2.24, 2.45) is 10.9 Å². The molecule has 0 aromatic rings. The van der Waals surface area contributed by atoms with Gasteiger partial charge in [-0.15, -0.1) is 24.0 Å². The van der Waals surface area contributed by atoms with Gasteiger partial charge in [-0.2, -0.15) is 0 Å². The van der Waals surface area contributed by atoms with Crippen molar-refractivity contribution in [1.82, 2.24) is 15.5 Å². The largest absolute Gasteiger partial charge is 0.373 e. The van der Waals surface area contributed by atoms with Crippen LogP contribution in [0.2, 0.25) is 0 Å². The minimum absolute atomic E-state index is 0. The lowest BCUT2D eigenvalue weighted by Crippen LogP contribution is -2.51. The molecule has 2 aliphatic heterocycles. The zero-order valence-electron chi connectivity index (χ0n) is 15.0. The van der Waals surface area contributed by atoms with Crippen molar-refractivity contribution in [3.8, 4) is 0 Å². The molecule has 6 heteroatoms. The Kier molecular flexibility index (Phi) is 10.5. The molecule has 0 aromatic carbocycles. The fourth-order valence-electron chi connectivity index (χ4n) is 3.33. The highest BCUT2D eigenvalue weighted by Gasteiger charge is 2.32. The Morgan fingerprint density at radius 2 is 2.04 bits per heavy atom. The number of ether oxygens (including phenoxy) is 1. The number of hydrogen-bond donors (Lipinski definition) is 2. The van der Waals surface area contributed by atoms with E-state index in [0.29, 0.717) is 12.0 Å². The zero-order valence-corrected chi connectivity index (χ0v) is 17.3. The van der Waals surface area contributed by atoms with E-state index in [4.69, 9.17) is 9.73 Å². The van der Waals surface area contributed by atoms with Gasteiger partial charge >= 0.3 is 0 Å². The molecule has 136 valence electrons. The van der Waals surface area contributed by atoms with Gasteiger partial charge in [-0.3, -0.25) is 9.89 Å². The molecule has 2 saturated heterocycles. The van der Waals surface area contributed by atoms with Gasteiger partial charge in [0.1, 0.15) is 0 Å². The fourth-order valence-corrected chi connectivity index (χ4v) is 3.33. The molecule has 5 nitrogen and oxygen atoms in total. The molecular weight excluding hydrogens is 403 g/mol. The Balaban J connectivity index is 0.00000264. The Bertz CT molecular complexity index is 349. The number of nitrogens with one attached hydrogen (secondary N) is 2. The quantitative estimate of drug-likeness (QED) is 0.364. The maximum Gasteiger partial charge on any atom is 0.191 e. The van der Waals surface area contributed by atoms with Crippen LogP contribution in [0, 0.1) is 5.92 Å². The topological polar surface area (TPSA) is 48.9 Å². The first-order valence-electron chi connectivity index (χ1n) is 9.14. The van der Waals surface area contributed by atoms with Crippen molar-refractivity contribution in [2.45, 2.75) is 58.6 Å². The number of rotatable bonds is 7. The van der Waals surface area contributed by atoms with Gasteiger partial charge in [0.15, 0.2) is 5.96 Å². The van der Waals surface area contributed by atoms with Crippen LogP contribution in [-0.2, 0) is 4.74 Å². The summed E-state index contributed by atoms with van der Waals surface area (Å²) in [4.78, 5) is 7.32. The van der Waals surface area contributed by atoms with E-state index in [1.165, 1.54) is 32.2 Å². The van der Waals surface area contributed by atoms with Crippen LogP contribution in [0.25, 0.3) is 0 Å². The summed E-state index contributed by atoms with van der Waals surface area (Å²) >= 11 is 0. The molecule has 0 saturated carbocycles. The summed E-state index contributed by atoms with van der Waals surface area (Å²) in [5, 5.41) is 6.80. The van der Waals surface area contributed by atoms with Crippen LogP contribution in [0.3, 0.4) is 0 Å². The molecule has 2 aliphatic rings. The lowest BCUT2D eigenvalue weighted by Gasteiger charge is -2.35. The molecule has 0 bridgehead atoms. The zero-order chi connectivity index (χ0) is 15.8. The molecule has 2 unspecified atom stereocenters. The lowest BCUT2D eigenvalue weighted by molar-refractivity contribution is -0.0453. The molecule has 2 heterocycles. The maximum atomic E-state index is 6.00. The van der Waals surface area contributed by atoms with Gasteiger partial charge in [0.05, 0.1) is 12.7 Å². The summed E-state index contributed by atoms with van der Waals surface area (Å²) in [6, 6.07) is 0.674. The SMILES string of the molecule is CCNC(=NCC(CC)CC)NCC1CN2CCCC2CO1.I. The molecule has 2 atom stereocenters. The monoisotopic (exact) mass is 438 g/mol. The van der Waals surface area contributed by atoms with Crippen molar-refractivity contribution in [3.63, 3.8) is 0 Å². The number of fused-ring (bicyclic) bond motifs is 1. The minimum atomic E-state index is 0. The lowest BCUT2D eigenvalue weighted by atomic mass is 10.0. The predicted octanol–water partition coefficient (Wildman–Crippen LogP) is 2.46. The molecule has 0 radical (unpaired) electrons. The van der Waals surface area contributed by atoms with Crippen LogP contribution < -0.4 is 10.6 Å². The van der Waals surface area contributed by atoms with E-state index in [1.54, 1.807) is 0 Å². The first kappa shape index (κ1) is 21.0. The fraction of sp³-hybridized carbons (Fsp3) is 0.941. The number of halogens is 1. The van der Waals surface area contributed by atoms with Gasteiger partial charge in [0, 0.05) is 32.2 Å². The first-order chi connectivity index (χ1) is 10.8. The van der Waals surface area contributed by atoms with E-state index in [9.17, 15) is 0 Å². The number of guanidine groups is 1. The third-order valence-electron chi connectivity index (χ3n) is 4.97. The first-order valence-corrected chi connectivity index (χ1v) is 9.14. The van der Waals surface area contributed by atoms with Crippen LogP contribution in [0.5, 0.6) is 0 Å². The third-order valence-corrected chi connectivity index (χ3v) is 4.97. The van der Waals surface area contributed by atoms with Gasteiger partial charge in [0.2, 0.25) is 0 Å². The second kappa shape index (κ2) is 11.5. The van der Waals surface area contributed by atoms with E-state index in [1.807, 2.05) is 0 Å². The van der Waals surface area contributed by atoms with Crippen LogP contribution in [0.15, 0.2) is 4.99 Å². The van der Waals surface area contributed by atoms with Gasteiger partial charge in [0.25, 0.3) is 0 Å². The van der Waals surface area contributed by atoms with Crippen LogP contribution in [-0.4, -0.2) is 62.3 Å². The highest BCUT2D eigenvalue weighted by molar-refractivity contribution is 14.0. The Labute approximate surface area is 159 Å². The van der Waals surface area contributed by atoms with E-state index < -0.39 is 0 Å². The second-order valence-corrected chi connectivity index (χ2v) is 6.53. The summed E-state index contributed by atoms with van der Waals surface area (Å²) in [6.45, 7) is 12.4. The van der Waals surface area contributed by atoms with Crippen LogP contribution >= 0.6 is 24.0 Å². The average Bonchev–Trinajstić information content (AvgIpc) is 3.01. The molecule has 2 fully saturated rings. The number of aliphatic imine (C=N–C) groups is 1. The Hall–Kier alpha value is -0.0800. The normalized spacial score (nSPS) is 25.1. The molecule has 2 N–H and O–H groups in total. The number of nitrogens with zero attached hydrogens (tertiary/aromatic N) is 2. The summed E-state index contributed by atoms with van der Waals surface area (Å²) in [7, 11) is 0. The number of morpholine rings is 1. The second-order valence-electron chi connectivity index (χ2n) is 6.53. The summed E-state index contributed by atoms with van der Waals surface area (Å²) < 4.78 is 6.00. The summed E-state index contributed by atoms with van der Waals surface area (Å²) in [5.41, 5.74) is 0. The van der Waals surface area contributed by atoms with E-state index in [2.05, 4.69) is 36.3 Å². The molecule has 0 aliphatic carbocycles. The van der Waals surface area contributed by atoms with Gasteiger partial charge in [-0.1, -0.05) is 26.7 Å². The Morgan fingerprint density at radius 1 is 1.26 bits per heavy atom. The Morgan fingerprint density at radius 3 is 2.74 bits per heavy atom. The summed E-state index contributed by atoms with van der Waals surface area (Å²) in [5.74, 6) is 1.62. The molecule has 0 aromatic heterocycles. The van der Waals surface area contributed by atoms with E-state index >= 15 is 0 Å². The van der Waals surface area contributed by atoms with Crippen molar-refractivity contribution in [1.29, 1.82) is 0 Å². The molecule has 2 rings (SSSR count). The summed E-state index contributed by atoms with van der Waals surface area (Å²) in [6.07, 6.45) is 5.31. The predicted molar refractivity (Wildman–Crippen MR) is 108 cm³/mol.